The summed E-state index contributed by atoms with van der Waals surface area (Å²) in [6, 6.07) is 13.7. The molecule has 3 rings (SSSR count). The van der Waals surface area contributed by atoms with Crippen LogP contribution in [0.25, 0.3) is 10.9 Å². The van der Waals surface area contributed by atoms with Crippen LogP contribution in [0.15, 0.2) is 48.5 Å². The highest BCUT2D eigenvalue weighted by atomic mass is 16.6. The predicted molar refractivity (Wildman–Crippen MR) is 92.3 cm³/mol. The molecule has 0 atom stereocenters. The van der Waals surface area contributed by atoms with Crippen LogP contribution in [0, 0.1) is 24.0 Å². The molecule has 1 heterocycles. The summed E-state index contributed by atoms with van der Waals surface area (Å²) in [6.07, 6.45) is 0. The van der Waals surface area contributed by atoms with Gasteiger partial charge in [0.1, 0.15) is 0 Å². The van der Waals surface area contributed by atoms with E-state index in [2.05, 4.69) is 10.3 Å². The second kappa shape index (κ2) is 6.08. The number of fused-ring (bicyclic) bond motifs is 1. The van der Waals surface area contributed by atoms with Gasteiger partial charge >= 0.3 is 0 Å². The van der Waals surface area contributed by atoms with Crippen molar-refractivity contribution in [2.75, 3.05) is 5.32 Å². The van der Waals surface area contributed by atoms with Gasteiger partial charge in [-0.25, -0.2) is 0 Å². The zero-order valence-corrected chi connectivity index (χ0v) is 13.2. The lowest BCUT2D eigenvalue weighted by Gasteiger charge is -2.10. The van der Waals surface area contributed by atoms with Gasteiger partial charge in [0.2, 0.25) is 0 Å². The molecule has 6 heteroatoms. The van der Waals surface area contributed by atoms with E-state index >= 15 is 0 Å². The number of aromatic nitrogens is 1. The highest BCUT2D eigenvalue weighted by molar-refractivity contribution is 6.08. The molecule has 6 nitrogen and oxygen atoms in total. The van der Waals surface area contributed by atoms with Crippen molar-refractivity contribution in [2.45, 2.75) is 13.8 Å². The van der Waals surface area contributed by atoms with Crippen molar-refractivity contribution in [1.29, 1.82) is 0 Å². The van der Waals surface area contributed by atoms with Crippen LogP contribution in [0.2, 0.25) is 0 Å². The maximum Gasteiger partial charge on any atom is 0.272 e. The van der Waals surface area contributed by atoms with E-state index in [1.807, 2.05) is 31.2 Å². The summed E-state index contributed by atoms with van der Waals surface area (Å²) >= 11 is 0. The second-order valence-corrected chi connectivity index (χ2v) is 5.54. The normalized spacial score (nSPS) is 10.6. The Hall–Kier alpha value is -3.28. The van der Waals surface area contributed by atoms with Crippen molar-refractivity contribution >= 4 is 28.2 Å². The molecule has 0 unspecified atom stereocenters. The monoisotopic (exact) mass is 321 g/mol. The first kappa shape index (κ1) is 15.6. The number of nitrogens with one attached hydrogen (secondary N) is 1. The number of benzene rings is 2. The van der Waals surface area contributed by atoms with Gasteiger partial charge in [-0.3, -0.25) is 19.9 Å². The maximum absolute atomic E-state index is 12.5. The van der Waals surface area contributed by atoms with Crippen LogP contribution in [-0.4, -0.2) is 15.8 Å². The quantitative estimate of drug-likeness (QED) is 0.583. The van der Waals surface area contributed by atoms with E-state index in [0.717, 1.165) is 16.6 Å². The van der Waals surface area contributed by atoms with E-state index in [9.17, 15) is 14.9 Å². The molecule has 1 amide bonds. The highest BCUT2D eigenvalue weighted by Gasteiger charge is 2.15. The Morgan fingerprint density at radius 2 is 1.88 bits per heavy atom. The van der Waals surface area contributed by atoms with Gasteiger partial charge in [-0.05, 0) is 38.1 Å². The Morgan fingerprint density at radius 1 is 1.12 bits per heavy atom. The molecule has 0 fully saturated rings. The summed E-state index contributed by atoms with van der Waals surface area (Å²) in [5, 5.41) is 14.6. The first-order chi connectivity index (χ1) is 11.5. The average Bonchev–Trinajstić information content (AvgIpc) is 2.54. The number of nitrogens with zero attached hydrogens (tertiary/aromatic N) is 2. The molecule has 24 heavy (non-hydrogen) atoms. The largest absolute Gasteiger partial charge is 0.321 e. The number of nitro groups is 1. The molecule has 2 aromatic carbocycles. The lowest BCUT2D eigenvalue weighted by atomic mass is 10.1. The summed E-state index contributed by atoms with van der Waals surface area (Å²) in [7, 11) is 0. The molecule has 0 saturated carbocycles. The number of pyridine rings is 1. The lowest BCUT2D eigenvalue weighted by molar-refractivity contribution is -0.385. The Kier molecular flexibility index (Phi) is 3.95. The van der Waals surface area contributed by atoms with Gasteiger partial charge in [-0.2, -0.15) is 0 Å². The van der Waals surface area contributed by atoms with Crippen molar-refractivity contribution in [3.05, 3.63) is 75.5 Å². The van der Waals surface area contributed by atoms with E-state index in [1.54, 1.807) is 13.0 Å². The topological polar surface area (TPSA) is 85.1 Å². The third-order valence-electron chi connectivity index (χ3n) is 3.75. The minimum absolute atomic E-state index is 0.00300. The predicted octanol–water partition coefficient (Wildman–Crippen LogP) is 4.01. The van der Waals surface area contributed by atoms with E-state index in [1.165, 1.54) is 18.2 Å². The number of rotatable bonds is 3. The van der Waals surface area contributed by atoms with Gasteiger partial charge in [-0.1, -0.05) is 18.2 Å². The van der Waals surface area contributed by atoms with Crippen LogP contribution < -0.4 is 5.32 Å². The number of hydrogen-bond acceptors (Lipinski definition) is 4. The SMILES string of the molecule is Cc1cc(NC(=O)c2ccc([N+](=O)[O-])c(C)c2)c2ccccc2n1. The van der Waals surface area contributed by atoms with Gasteiger partial charge < -0.3 is 5.32 Å². The van der Waals surface area contributed by atoms with Crippen molar-refractivity contribution in [3.8, 4) is 0 Å². The zero-order valence-electron chi connectivity index (χ0n) is 13.2. The average molecular weight is 321 g/mol. The Bertz CT molecular complexity index is 967. The molecule has 0 aliphatic heterocycles. The third kappa shape index (κ3) is 2.94. The molecule has 120 valence electrons. The molecule has 0 bridgehead atoms. The first-order valence-corrected chi connectivity index (χ1v) is 7.38. The van der Waals surface area contributed by atoms with Crippen LogP contribution >= 0.6 is 0 Å². The standard InChI is InChI=1S/C18H15N3O3/c1-11-9-13(7-8-17(11)21(23)24)18(22)20-16-10-12(2)19-15-6-4-3-5-14(15)16/h3-10H,1-2H3,(H,19,20,22). The van der Waals surface area contributed by atoms with Crippen LogP contribution in [0.5, 0.6) is 0 Å². The van der Waals surface area contributed by atoms with Crippen molar-refractivity contribution in [3.63, 3.8) is 0 Å². The summed E-state index contributed by atoms with van der Waals surface area (Å²) < 4.78 is 0. The summed E-state index contributed by atoms with van der Waals surface area (Å²) in [4.78, 5) is 27.4. The van der Waals surface area contributed by atoms with Crippen LogP contribution in [0.3, 0.4) is 0 Å². The molecule has 0 radical (unpaired) electrons. The number of para-hydroxylation sites is 1. The minimum Gasteiger partial charge on any atom is -0.321 e. The molecule has 3 aromatic rings. The summed E-state index contributed by atoms with van der Waals surface area (Å²) in [6.45, 7) is 3.47. The summed E-state index contributed by atoms with van der Waals surface area (Å²) in [5.74, 6) is -0.316. The number of hydrogen-bond donors (Lipinski definition) is 1. The smallest absolute Gasteiger partial charge is 0.272 e. The lowest BCUT2D eigenvalue weighted by Crippen LogP contribution is -2.13. The molecule has 1 aromatic heterocycles. The third-order valence-corrected chi connectivity index (χ3v) is 3.75. The maximum atomic E-state index is 12.5. The number of nitro benzene ring substituents is 1. The van der Waals surface area contributed by atoms with E-state index in [-0.39, 0.29) is 11.6 Å². The van der Waals surface area contributed by atoms with E-state index < -0.39 is 4.92 Å². The molecular weight excluding hydrogens is 306 g/mol. The second-order valence-electron chi connectivity index (χ2n) is 5.54. The van der Waals surface area contributed by atoms with Gasteiger partial charge in [0.15, 0.2) is 0 Å². The highest BCUT2D eigenvalue weighted by Crippen LogP contribution is 2.24. The fourth-order valence-electron chi connectivity index (χ4n) is 2.61. The fourth-order valence-corrected chi connectivity index (χ4v) is 2.61. The van der Waals surface area contributed by atoms with Crippen molar-refractivity contribution in [1.82, 2.24) is 4.98 Å². The Labute approximate surface area is 138 Å². The zero-order chi connectivity index (χ0) is 17.3. The van der Waals surface area contributed by atoms with Crippen LogP contribution in [0.1, 0.15) is 21.6 Å². The number of anilines is 1. The Morgan fingerprint density at radius 3 is 2.58 bits per heavy atom. The van der Waals surface area contributed by atoms with Crippen molar-refractivity contribution in [2.24, 2.45) is 0 Å². The number of carbonyl (C=O) groups excluding carboxylic acids is 1. The van der Waals surface area contributed by atoms with Gasteiger partial charge in [0, 0.05) is 28.3 Å². The number of carbonyl (C=O) groups is 1. The molecule has 0 aliphatic rings. The molecule has 0 aliphatic carbocycles. The van der Waals surface area contributed by atoms with E-state index in [0.29, 0.717) is 16.8 Å². The number of aryl methyl sites for hydroxylation is 2. The van der Waals surface area contributed by atoms with E-state index in [4.69, 9.17) is 0 Å². The molecular formula is C18H15N3O3. The minimum atomic E-state index is -0.462. The van der Waals surface area contributed by atoms with Crippen molar-refractivity contribution < 1.29 is 9.72 Å². The Balaban J connectivity index is 1.96. The van der Waals surface area contributed by atoms with Crippen LogP contribution in [0.4, 0.5) is 11.4 Å². The molecule has 1 N–H and O–H groups in total. The van der Waals surface area contributed by atoms with Gasteiger partial charge in [0.05, 0.1) is 16.1 Å². The molecule has 0 spiro atoms. The van der Waals surface area contributed by atoms with Crippen LogP contribution in [-0.2, 0) is 0 Å². The molecule has 0 saturated heterocycles. The summed E-state index contributed by atoms with van der Waals surface area (Å²) in [5.41, 5.74) is 3.08. The fraction of sp³-hybridized carbons (Fsp3) is 0.111. The van der Waals surface area contributed by atoms with Gasteiger partial charge in [-0.15, -0.1) is 0 Å². The first-order valence-electron chi connectivity index (χ1n) is 7.38. The van der Waals surface area contributed by atoms with Gasteiger partial charge in [0.25, 0.3) is 11.6 Å². The number of amides is 1.